The van der Waals surface area contributed by atoms with Gasteiger partial charge in [-0.2, -0.15) is 0 Å². The van der Waals surface area contributed by atoms with Crippen LogP contribution < -0.4 is 15.8 Å². The summed E-state index contributed by atoms with van der Waals surface area (Å²) in [4.78, 5) is 4.03. The van der Waals surface area contributed by atoms with Crippen molar-refractivity contribution in [1.29, 1.82) is 0 Å². The molecule has 4 nitrogen and oxygen atoms in total. The first-order valence-electron chi connectivity index (χ1n) is 6.59. The lowest BCUT2D eigenvalue weighted by Gasteiger charge is -2.10. The average Bonchev–Trinajstić information content (AvgIpc) is 2.49. The van der Waals surface area contributed by atoms with Crippen molar-refractivity contribution in [3.63, 3.8) is 0 Å². The lowest BCUT2D eigenvalue weighted by Crippen LogP contribution is -2.22. The molecule has 0 heterocycles. The fourth-order valence-electron chi connectivity index (χ4n) is 1.74. The molecule has 0 saturated heterocycles. The second-order valence-corrected chi connectivity index (χ2v) is 5.05. The van der Waals surface area contributed by atoms with Gasteiger partial charge in [0.05, 0.1) is 11.6 Å². The highest BCUT2D eigenvalue weighted by Crippen LogP contribution is 2.24. The minimum absolute atomic E-state index is 0.0190. The zero-order chi connectivity index (χ0) is 17.7. The molecular weight excluding hydrogens is 350 g/mol. The maximum absolute atomic E-state index is 13.0. The van der Waals surface area contributed by atoms with Crippen LogP contribution in [0.2, 0.25) is 5.02 Å². The molecule has 0 bridgehead atoms. The quantitative estimate of drug-likeness (QED) is 0.485. The molecular formula is C15H12ClF4N3O. The van der Waals surface area contributed by atoms with Crippen LogP contribution in [0.1, 0.15) is 5.56 Å². The van der Waals surface area contributed by atoms with Gasteiger partial charge >= 0.3 is 6.36 Å². The molecule has 0 aromatic heterocycles. The molecule has 128 valence electrons. The molecule has 0 aliphatic rings. The van der Waals surface area contributed by atoms with Gasteiger partial charge < -0.3 is 15.8 Å². The molecule has 0 aliphatic carbocycles. The number of aliphatic imine (C=N–C) groups is 1. The summed E-state index contributed by atoms with van der Waals surface area (Å²) in [6.45, 7) is 0.161. The minimum atomic E-state index is -4.74. The second kappa shape index (κ2) is 7.39. The van der Waals surface area contributed by atoms with Gasteiger partial charge in [-0.15, -0.1) is 13.2 Å². The van der Waals surface area contributed by atoms with Crippen molar-refractivity contribution in [2.45, 2.75) is 12.9 Å². The van der Waals surface area contributed by atoms with E-state index in [1.807, 2.05) is 0 Å². The predicted octanol–water partition coefficient (Wildman–Crippen LogP) is 4.30. The van der Waals surface area contributed by atoms with Gasteiger partial charge in [-0.25, -0.2) is 9.38 Å². The number of guanidine groups is 1. The molecule has 0 atom stereocenters. The maximum Gasteiger partial charge on any atom is 0.573 e. The van der Waals surface area contributed by atoms with Crippen LogP contribution in [0, 0.1) is 5.82 Å². The molecule has 0 fully saturated rings. The SMILES string of the molecule is NC(=NCc1ccc(F)c(Cl)c1)Nc1ccc(OC(F)(F)F)cc1. The Bertz CT molecular complexity index is 732. The summed E-state index contributed by atoms with van der Waals surface area (Å²) in [5.74, 6) is -0.832. The largest absolute Gasteiger partial charge is 0.573 e. The molecule has 0 aliphatic heterocycles. The molecule has 2 rings (SSSR count). The molecule has 0 spiro atoms. The Hall–Kier alpha value is -2.48. The fourth-order valence-corrected chi connectivity index (χ4v) is 1.94. The summed E-state index contributed by atoms with van der Waals surface area (Å²) in [5.41, 5.74) is 6.77. The Balaban J connectivity index is 1.95. The van der Waals surface area contributed by atoms with E-state index in [-0.39, 0.29) is 23.3 Å². The van der Waals surface area contributed by atoms with Crippen LogP contribution in [0.15, 0.2) is 47.5 Å². The first-order chi connectivity index (χ1) is 11.2. The maximum atomic E-state index is 13.0. The lowest BCUT2D eigenvalue weighted by atomic mass is 10.2. The number of hydrogen-bond acceptors (Lipinski definition) is 2. The Labute approximate surface area is 139 Å². The standard InChI is InChI=1S/C15H12ClF4N3O/c16-12-7-9(1-6-13(12)17)8-22-14(21)23-10-2-4-11(5-3-10)24-15(18,19)20/h1-7H,8H2,(H3,21,22,23). The molecule has 24 heavy (non-hydrogen) atoms. The van der Waals surface area contributed by atoms with E-state index in [0.29, 0.717) is 11.3 Å². The number of benzene rings is 2. The van der Waals surface area contributed by atoms with Crippen molar-refractivity contribution in [2.24, 2.45) is 10.7 Å². The Kier molecular flexibility index (Phi) is 5.50. The Morgan fingerprint density at radius 3 is 2.42 bits per heavy atom. The summed E-state index contributed by atoms with van der Waals surface area (Å²) in [6.07, 6.45) is -4.74. The molecule has 0 amide bonds. The Morgan fingerprint density at radius 1 is 1.17 bits per heavy atom. The smallest absolute Gasteiger partial charge is 0.406 e. The number of rotatable bonds is 4. The number of halogens is 5. The normalized spacial score (nSPS) is 12.1. The topological polar surface area (TPSA) is 59.6 Å². The molecule has 0 radical (unpaired) electrons. The van der Waals surface area contributed by atoms with Gasteiger partial charge in [0, 0.05) is 5.69 Å². The van der Waals surface area contributed by atoms with E-state index in [1.165, 1.54) is 30.3 Å². The summed E-state index contributed by atoms with van der Waals surface area (Å²) < 4.78 is 53.0. The number of nitrogens with one attached hydrogen (secondary N) is 1. The van der Waals surface area contributed by atoms with E-state index in [2.05, 4.69) is 15.0 Å². The highest BCUT2D eigenvalue weighted by Gasteiger charge is 2.30. The van der Waals surface area contributed by atoms with Gasteiger partial charge in [0.1, 0.15) is 11.6 Å². The van der Waals surface area contributed by atoms with Gasteiger partial charge in [0.2, 0.25) is 0 Å². The van der Waals surface area contributed by atoms with E-state index >= 15 is 0 Å². The van der Waals surface area contributed by atoms with Gasteiger partial charge in [0.15, 0.2) is 5.96 Å². The van der Waals surface area contributed by atoms with Gasteiger partial charge in [-0.05, 0) is 42.0 Å². The first-order valence-corrected chi connectivity index (χ1v) is 6.97. The van der Waals surface area contributed by atoms with Crippen molar-refractivity contribution >= 4 is 23.2 Å². The predicted molar refractivity (Wildman–Crippen MR) is 83.5 cm³/mol. The van der Waals surface area contributed by atoms with Crippen LogP contribution >= 0.6 is 11.6 Å². The van der Waals surface area contributed by atoms with Gasteiger partial charge in [-0.1, -0.05) is 17.7 Å². The van der Waals surface area contributed by atoms with E-state index in [4.69, 9.17) is 17.3 Å². The molecule has 0 saturated carbocycles. The van der Waals surface area contributed by atoms with Gasteiger partial charge in [0.25, 0.3) is 0 Å². The van der Waals surface area contributed by atoms with Crippen LogP contribution in [0.3, 0.4) is 0 Å². The number of anilines is 1. The highest BCUT2D eigenvalue weighted by molar-refractivity contribution is 6.30. The summed E-state index contributed by atoms with van der Waals surface area (Å²) in [5, 5.41) is 2.69. The third-order valence-corrected chi connectivity index (χ3v) is 3.07. The lowest BCUT2D eigenvalue weighted by molar-refractivity contribution is -0.274. The molecule has 2 aromatic rings. The first kappa shape index (κ1) is 17.9. The fraction of sp³-hybridized carbons (Fsp3) is 0.133. The van der Waals surface area contributed by atoms with Crippen LogP contribution in [-0.2, 0) is 6.54 Å². The second-order valence-electron chi connectivity index (χ2n) is 4.65. The average molecular weight is 362 g/mol. The molecule has 9 heteroatoms. The van der Waals surface area contributed by atoms with Crippen molar-refractivity contribution in [1.82, 2.24) is 0 Å². The Morgan fingerprint density at radius 2 is 1.83 bits per heavy atom. The summed E-state index contributed by atoms with van der Waals surface area (Å²) >= 11 is 5.66. The number of nitrogens with two attached hydrogens (primary N) is 1. The van der Waals surface area contributed by atoms with Crippen molar-refractivity contribution in [3.05, 3.63) is 58.9 Å². The number of nitrogens with zero attached hydrogens (tertiary/aromatic N) is 1. The number of hydrogen-bond donors (Lipinski definition) is 2. The summed E-state index contributed by atoms with van der Waals surface area (Å²) in [7, 11) is 0. The number of ether oxygens (including phenoxy) is 1. The van der Waals surface area contributed by atoms with Crippen molar-refractivity contribution < 1.29 is 22.3 Å². The van der Waals surface area contributed by atoms with E-state index in [1.54, 1.807) is 0 Å². The van der Waals surface area contributed by atoms with Crippen molar-refractivity contribution in [3.8, 4) is 5.75 Å². The molecule has 3 N–H and O–H groups in total. The monoisotopic (exact) mass is 361 g/mol. The van der Waals surface area contributed by atoms with E-state index in [9.17, 15) is 17.6 Å². The minimum Gasteiger partial charge on any atom is -0.406 e. The van der Waals surface area contributed by atoms with Crippen LogP contribution in [0.5, 0.6) is 5.75 Å². The van der Waals surface area contributed by atoms with Gasteiger partial charge in [-0.3, -0.25) is 0 Å². The van der Waals surface area contributed by atoms with Crippen LogP contribution in [-0.4, -0.2) is 12.3 Å². The summed E-state index contributed by atoms with van der Waals surface area (Å²) in [6, 6.07) is 9.16. The van der Waals surface area contributed by atoms with Crippen LogP contribution in [0.25, 0.3) is 0 Å². The zero-order valence-electron chi connectivity index (χ0n) is 12.1. The highest BCUT2D eigenvalue weighted by atomic mass is 35.5. The third-order valence-electron chi connectivity index (χ3n) is 2.78. The van der Waals surface area contributed by atoms with Crippen LogP contribution in [0.4, 0.5) is 23.2 Å². The number of alkyl halides is 3. The third kappa shape index (κ3) is 5.62. The zero-order valence-corrected chi connectivity index (χ0v) is 12.8. The molecule has 0 unspecified atom stereocenters. The van der Waals surface area contributed by atoms with E-state index in [0.717, 1.165) is 12.1 Å². The van der Waals surface area contributed by atoms with E-state index < -0.39 is 12.2 Å². The molecule has 2 aromatic carbocycles. The van der Waals surface area contributed by atoms with Crippen molar-refractivity contribution in [2.75, 3.05) is 5.32 Å².